The highest BCUT2D eigenvalue weighted by Gasteiger charge is 2.29. The lowest BCUT2D eigenvalue weighted by molar-refractivity contribution is -0.112. The van der Waals surface area contributed by atoms with Gasteiger partial charge in [-0.25, -0.2) is 4.79 Å². The molecule has 37 heavy (non-hydrogen) atoms. The van der Waals surface area contributed by atoms with E-state index in [4.69, 9.17) is 5.11 Å². The number of aromatic carboxylic acids is 1. The molecule has 0 spiro atoms. The standard InChI is InChI=1S/C32H34N2O3/c1-21(29-11-5-7-23-6-2-3-10-30(23)29)33-28-9-4-8-26(20-28)22-12-14-24(15-13-22)31(35)34-27-18-16-25(17-19-27)32(36)37/h2-3,5-7,10-12,14-19,21-22,26,28,33H,4,8-9,13,20H2,1H3,(H,34,35)(H,36,37)/t21?,22?,26-,28-/m0/s1. The Kier molecular flexibility index (Phi) is 7.52. The van der Waals surface area contributed by atoms with E-state index in [-0.39, 0.29) is 17.5 Å². The van der Waals surface area contributed by atoms with Gasteiger partial charge in [0, 0.05) is 23.3 Å². The monoisotopic (exact) mass is 494 g/mol. The number of rotatable bonds is 7. The number of allylic oxidation sites excluding steroid dienone is 2. The largest absolute Gasteiger partial charge is 0.478 e. The van der Waals surface area contributed by atoms with Crippen LogP contribution >= 0.6 is 0 Å². The molecule has 1 fully saturated rings. The molecule has 2 unspecified atom stereocenters. The molecule has 1 saturated carbocycles. The molecule has 3 N–H and O–H groups in total. The van der Waals surface area contributed by atoms with E-state index in [9.17, 15) is 9.59 Å². The second kappa shape index (κ2) is 11.1. The quantitative estimate of drug-likeness (QED) is 0.334. The lowest BCUT2D eigenvalue weighted by Crippen LogP contribution is -2.37. The fraction of sp³-hybridized carbons (Fsp3) is 0.312. The van der Waals surface area contributed by atoms with E-state index in [0.29, 0.717) is 29.1 Å². The van der Waals surface area contributed by atoms with Gasteiger partial charge in [-0.05, 0) is 85.0 Å². The third-order valence-corrected chi connectivity index (χ3v) is 7.88. The number of benzene rings is 3. The van der Waals surface area contributed by atoms with Crippen molar-refractivity contribution in [1.29, 1.82) is 0 Å². The van der Waals surface area contributed by atoms with E-state index in [1.54, 1.807) is 12.1 Å². The van der Waals surface area contributed by atoms with Gasteiger partial charge in [0.15, 0.2) is 0 Å². The lowest BCUT2D eigenvalue weighted by Gasteiger charge is -2.36. The number of hydrogen-bond acceptors (Lipinski definition) is 3. The van der Waals surface area contributed by atoms with Crippen molar-refractivity contribution >= 4 is 28.3 Å². The van der Waals surface area contributed by atoms with Gasteiger partial charge in [-0.3, -0.25) is 4.79 Å². The van der Waals surface area contributed by atoms with Crippen molar-refractivity contribution in [2.24, 2.45) is 11.8 Å². The molecule has 2 aliphatic carbocycles. The zero-order valence-corrected chi connectivity index (χ0v) is 21.2. The van der Waals surface area contributed by atoms with Crippen molar-refractivity contribution in [3.8, 4) is 0 Å². The summed E-state index contributed by atoms with van der Waals surface area (Å²) in [6.07, 6.45) is 11.9. The first kappa shape index (κ1) is 25.0. The Morgan fingerprint density at radius 3 is 2.51 bits per heavy atom. The van der Waals surface area contributed by atoms with Gasteiger partial charge in [-0.1, -0.05) is 67.1 Å². The fourth-order valence-corrected chi connectivity index (χ4v) is 5.89. The van der Waals surface area contributed by atoms with Crippen LogP contribution in [0.3, 0.4) is 0 Å². The van der Waals surface area contributed by atoms with Gasteiger partial charge in [0.25, 0.3) is 5.91 Å². The molecule has 5 nitrogen and oxygen atoms in total. The van der Waals surface area contributed by atoms with Crippen molar-refractivity contribution in [2.75, 3.05) is 5.32 Å². The highest BCUT2D eigenvalue weighted by Crippen LogP contribution is 2.36. The predicted octanol–water partition coefficient (Wildman–Crippen LogP) is 6.89. The summed E-state index contributed by atoms with van der Waals surface area (Å²) in [4.78, 5) is 23.7. The summed E-state index contributed by atoms with van der Waals surface area (Å²) in [5, 5.41) is 18.4. The third-order valence-electron chi connectivity index (χ3n) is 7.88. The second-order valence-corrected chi connectivity index (χ2v) is 10.3. The first-order valence-electron chi connectivity index (χ1n) is 13.2. The maximum Gasteiger partial charge on any atom is 0.335 e. The molecule has 5 heteroatoms. The molecule has 0 aromatic heterocycles. The van der Waals surface area contributed by atoms with Crippen LogP contribution in [0.2, 0.25) is 0 Å². The van der Waals surface area contributed by atoms with E-state index < -0.39 is 5.97 Å². The number of amides is 1. The molecule has 3 aromatic rings. The van der Waals surface area contributed by atoms with Crippen molar-refractivity contribution in [3.05, 3.63) is 102 Å². The smallest absolute Gasteiger partial charge is 0.335 e. The number of anilines is 1. The number of hydrogen-bond donors (Lipinski definition) is 3. The van der Waals surface area contributed by atoms with Crippen LogP contribution in [0.25, 0.3) is 10.8 Å². The summed E-state index contributed by atoms with van der Waals surface area (Å²) in [7, 11) is 0. The molecule has 0 saturated heterocycles. The summed E-state index contributed by atoms with van der Waals surface area (Å²) in [6, 6.07) is 22.2. The average Bonchev–Trinajstić information content (AvgIpc) is 2.93. The second-order valence-electron chi connectivity index (χ2n) is 10.3. The minimum absolute atomic E-state index is 0.162. The summed E-state index contributed by atoms with van der Waals surface area (Å²) in [5.74, 6) is -0.0922. The molecule has 2 aliphatic rings. The normalized spacial score (nSPS) is 22.3. The highest BCUT2D eigenvalue weighted by atomic mass is 16.4. The number of fused-ring (bicyclic) bond motifs is 1. The molecule has 1 amide bonds. The summed E-state index contributed by atoms with van der Waals surface area (Å²) in [6.45, 7) is 2.27. The third kappa shape index (κ3) is 5.83. The lowest BCUT2D eigenvalue weighted by atomic mass is 9.74. The van der Waals surface area contributed by atoms with Crippen LogP contribution in [-0.4, -0.2) is 23.0 Å². The topological polar surface area (TPSA) is 78.4 Å². The van der Waals surface area contributed by atoms with Gasteiger partial charge in [-0.15, -0.1) is 0 Å². The maximum absolute atomic E-state index is 12.7. The minimum Gasteiger partial charge on any atom is -0.478 e. The SMILES string of the molecule is CC(N[C@H]1CCC[C@H](C2C=CC(C(=O)Nc3ccc(C(=O)O)cc3)=CC2)C1)c1cccc2ccccc12. The Balaban J connectivity index is 1.16. The van der Waals surface area contributed by atoms with Crippen LogP contribution < -0.4 is 10.6 Å². The summed E-state index contributed by atoms with van der Waals surface area (Å²) >= 11 is 0. The van der Waals surface area contributed by atoms with Crippen molar-refractivity contribution < 1.29 is 14.7 Å². The molecule has 3 aromatic carbocycles. The molecule has 190 valence electrons. The first-order chi connectivity index (χ1) is 18.0. The van der Waals surface area contributed by atoms with Crippen LogP contribution in [0.15, 0.2) is 90.5 Å². The van der Waals surface area contributed by atoms with Crippen LogP contribution in [0, 0.1) is 11.8 Å². The van der Waals surface area contributed by atoms with E-state index in [0.717, 1.165) is 12.8 Å². The van der Waals surface area contributed by atoms with Crippen LogP contribution in [0.5, 0.6) is 0 Å². The zero-order valence-electron chi connectivity index (χ0n) is 21.2. The molecule has 4 atom stereocenters. The van der Waals surface area contributed by atoms with Crippen molar-refractivity contribution in [3.63, 3.8) is 0 Å². The Bertz CT molecular complexity index is 1340. The Hall–Kier alpha value is -3.70. The van der Waals surface area contributed by atoms with Crippen molar-refractivity contribution in [2.45, 2.75) is 51.1 Å². The zero-order chi connectivity index (χ0) is 25.8. The summed E-state index contributed by atoms with van der Waals surface area (Å²) in [5.41, 5.74) is 2.81. The first-order valence-corrected chi connectivity index (χ1v) is 13.2. The van der Waals surface area contributed by atoms with Gasteiger partial charge >= 0.3 is 5.97 Å². The van der Waals surface area contributed by atoms with Gasteiger partial charge < -0.3 is 15.7 Å². The minimum atomic E-state index is -0.981. The van der Waals surface area contributed by atoms with Gasteiger partial charge in [0.2, 0.25) is 0 Å². The Morgan fingerprint density at radius 1 is 0.973 bits per heavy atom. The molecule has 0 heterocycles. The van der Waals surface area contributed by atoms with Gasteiger partial charge in [0.1, 0.15) is 0 Å². The molecule has 0 aliphatic heterocycles. The van der Waals surface area contributed by atoms with E-state index in [2.05, 4.69) is 66.1 Å². The Labute approximate surface area is 218 Å². The number of carboxylic acids is 1. The van der Waals surface area contributed by atoms with Crippen LogP contribution in [0.4, 0.5) is 5.69 Å². The van der Waals surface area contributed by atoms with E-state index >= 15 is 0 Å². The summed E-state index contributed by atoms with van der Waals surface area (Å²) < 4.78 is 0. The molecule has 0 bridgehead atoms. The van der Waals surface area contributed by atoms with Crippen LogP contribution in [0.1, 0.15) is 61.0 Å². The molecule has 0 radical (unpaired) electrons. The maximum atomic E-state index is 12.7. The van der Waals surface area contributed by atoms with Gasteiger partial charge in [-0.2, -0.15) is 0 Å². The predicted molar refractivity (Wildman–Crippen MR) is 149 cm³/mol. The molecule has 5 rings (SSSR count). The fourth-order valence-electron chi connectivity index (χ4n) is 5.89. The van der Waals surface area contributed by atoms with Gasteiger partial charge in [0.05, 0.1) is 5.56 Å². The number of carboxylic acid groups (broad SMARTS) is 1. The number of nitrogens with one attached hydrogen (secondary N) is 2. The number of carbonyl (C=O) groups is 2. The average molecular weight is 495 g/mol. The molecular formula is C32H34N2O3. The molecular weight excluding hydrogens is 460 g/mol. The van der Waals surface area contributed by atoms with Crippen molar-refractivity contribution in [1.82, 2.24) is 5.32 Å². The highest BCUT2D eigenvalue weighted by molar-refractivity contribution is 6.06. The van der Waals surface area contributed by atoms with E-state index in [1.807, 2.05) is 12.2 Å². The Morgan fingerprint density at radius 2 is 1.76 bits per heavy atom. The van der Waals surface area contributed by atoms with Crippen LogP contribution in [-0.2, 0) is 4.79 Å². The number of carbonyl (C=O) groups excluding carboxylic acids is 1. The van der Waals surface area contributed by atoms with E-state index in [1.165, 1.54) is 47.7 Å².